The molecule has 2 amide bonds. The smallest absolute Gasteiger partial charge is 0.404 e. The van der Waals surface area contributed by atoms with Crippen LogP contribution < -0.4 is 5.32 Å². The van der Waals surface area contributed by atoms with E-state index in [1.54, 1.807) is 13.0 Å². The monoisotopic (exact) mass is 364 g/mol. The van der Waals surface area contributed by atoms with Crippen molar-refractivity contribution >= 4 is 17.8 Å². The average molecular weight is 364 g/mol. The van der Waals surface area contributed by atoms with Crippen LogP contribution in [-0.2, 0) is 4.79 Å². The van der Waals surface area contributed by atoms with E-state index in [0.29, 0.717) is 12.0 Å². The van der Waals surface area contributed by atoms with Gasteiger partial charge in [0.15, 0.2) is 5.78 Å². The predicted octanol–water partition coefficient (Wildman–Crippen LogP) is 2.99. The van der Waals surface area contributed by atoms with Crippen LogP contribution in [0, 0.1) is 18.2 Å². The van der Waals surface area contributed by atoms with Gasteiger partial charge in [-0.3, -0.25) is 9.59 Å². The molecule has 0 radical (unpaired) electrons. The summed E-state index contributed by atoms with van der Waals surface area (Å²) >= 11 is 0. The third-order valence-electron chi connectivity index (χ3n) is 4.81. The van der Waals surface area contributed by atoms with Gasteiger partial charge in [-0.2, -0.15) is 0 Å². The van der Waals surface area contributed by atoms with Crippen LogP contribution in [0.1, 0.15) is 49.5 Å². The van der Waals surface area contributed by atoms with Gasteiger partial charge in [-0.15, -0.1) is 0 Å². The molecule has 1 aromatic rings. The van der Waals surface area contributed by atoms with Gasteiger partial charge >= 0.3 is 6.09 Å². The number of carbonyl (C=O) groups excluding carboxylic acids is 2. The Balaban J connectivity index is 2.40. The molecule has 1 aromatic carbocycles. The van der Waals surface area contributed by atoms with E-state index in [2.05, 4.69) is 5.32 Å². The summed E-state index contributed by atoms with van der Waals surface area (Å²) in [5.74, 6) is -1.26. The first kappa shape index (κ1) is 19.9. The second-order valence-electron chi connectivity index (χ2n) is 7.72. The van der Waals surface area contributed by atoms with Crippen molar-refractivity contribution in [3.05, 3.63) is 35.1 Å². The molecule has 0 spiro atoms. The summed E-state index contributed by atoms with van der Waals surface area (Å²) in [6, 6.07) is 3.11. The number of nitrogens with zero attached hydrogens (tertiary/aromatic N) is 1. The molecule has 1 aliphatic heterocycles. The number of aryl methyl sites for hydroxylation is 1. The maximum atomic E-state index is 14.3. The fourth-order valence-electron chi connectivity index (χ4n) is 3.47. The van der Waals surface area contributed by atoms with E-state index in [0.717, 1.165) is 0 Å². The fourth-order valence-corrected chi connectivity index (χ4v) is 3.47. The molecule has 0 bridgehead atoms. The lowest BCUT2D eigenvalue weighted by molar-refractivity contribution is -0.132. The lowest BCUT2D eigenvalue weighted by Crippen LogP contribution is -2.55. The highest BCUT2D eigenvalue weighted by Crippen LogP contribution is 2.33. The van der Waals surface area contributed by atoms with Gasteiger partial charge in [-0.05, 0) is 30.4 Å². The Morgan fingerprint density at radius 1 is 1.38 bits per heavy atom. The number of hydrogen-bond donors (Lipinski definition) is 2. The van der Waals surface area contributed by atoms with Crippen molar-refractivity contribution in [2.75, 3.05) is 6.54 Å². The number of carboxylic acid groups (broad SMARTS) is 1. The van der Waals surface area contributed by atoms with Crippen LogP contribution in [0.4, 0.5) is 9.18 Å². The van der Waals surface area contributed by atoms with Crippen LogP contribution in [-0.4, -0.2) is 46.4 Å². The summed E-state index contributed by atoms with van der Waals surface area (Å²) in [6.07, 6.45) is -0.715. The normalized spacial score (nSPS) is 18.7. The predicted molar refractivity (Wildman–Crippen MR) is 94.6 cm³/mol. The Morgan fingerprint density at radius 2 is 2.04 bits per heavy atom. The number of hydrogen-bond acceptors (Lipinski definition) is 3. The standard InChI is InChI=1S/C19H25FN2O4/c1-11-6-5-7-12(20)16(11)17(24)13-8-9-15(23)22(13)14(19(2,3)4)10-21-18(25)26/h5-7,13-14,21H,8-10H2,1-4H3,(H,25,26)/t13?,14-/m0/s1. The molecule has 1 aliphatic rings. The van der Waals surface area contributed by atoms with Crippen molar-refractivity contribution in [2.24, 2.45) is 5.41 Å². The first-order valence-corrected chi connectivity index (χ1v) is 8.61. The molecule has 142 valence electrons. The fraction of sp³-hybridized carbons (Fsp3) is 0.526. The highest BCUT2D eigenvalue weighted by molar-refractivity contribution is 6.04. The molecular formula is C19H25FN2O4. The number of nitrogens with one attached hydrogen (secondary N) is 1. The quantitative estimate of drug-likeness (QED) is 0.787. The molecule has 0 aliphatic carbocycles. The van der Waals surface area contributed by atoms with Gasteiger partial charge in [0, 0.05) is 13.0 Å². The minimum absolute atomic E-state index is 0.00365. The molecule has 26 heavy (non-hydrogen) atoms. The maximum Gasteiger partial charge on any atom is 0.404 e. The summed E-state index contributed by atoms with van der Waals surface area (Å²) in [5.41, 5.74) is 0.0481. The number of rotatable bonds is 5. The summed E-state index contributed by atoms with van der Waals surface area (Å²) < 4.78 is 14.3. The highest BCUT2D eigenvalue weighted by Gasteiger charge is 2.45. The lowest BCUT2D eigenvalue weighted by atomic mass is 9.84. The number of Topliss-reactive ketones (excluding diaryl/α,β-unsaturated/α-hetero) is 1. The SMILES string of the molecule is Cc1cccc(F)c1C(=O)C1CCC(=O)N1[C@@H](CNC(=O)O)C(C)(C)C. The van der Waals surface area contributed by atoms with Crippen LogP contribution in [0.5, 0.6) is 0 Å². The van der Waals surface area contributed by atoms with Crippen molar-refractivity contribution in [3.8, 4) is 0 Å². The molecule has 2 rings (SSSR count). The third kappa shape index (κ3) is 4.03. The van der Waals surface area contributed by atoms with Crippen LogP contribution in [0.2, 0.25) is 0 Å². The molecular weight excluding hydrogens is 339 g/mol. The second kappa shape index (κ2) is 7.43. The van der Waals surface area contributed by atoms with Gasteiger partial charge in [0.05, 0.1) is 17.6 Å². The van der Waals surface area contributed by atoms with Crippen molar-refractivity contribution in [3.63, 3.8) is 0 Å². The third-order valence-corrected chi connectivity index (χ3v) is 4.81. The van der Waals surface area contributed by atoms with Crippen molar-refractivity contribution in [2.45, 2.75) is 52.6 Å². The van der Waals surface area contributed by atoms with Gasteiger partial charge in [-0.25, -0.2) is 9.18 Å². The number of likely N-dealkylation sites (tertiary alicyclic amines) is 1. The first-order valence-electron chi connectivity index (χ1n) is 8.61. The molecule has 0 saturated carbocycles. The van der Waals surface area contributed by atoms with E-state index in [1.807, 2.05) is 20.8 Å². The van der Waals surface area contributed by atoms with Crippen LogP contribution in [0.15, 0.2) is 18.2 Å². The molecule has 1 fully saturated rings. The van der Waals surface area contributed by atoms with Crippen LogP contribution >= 0.6 is 0 Å². The van der Waals surface area contributed by atoms with Gasteiger partial charge in [0.25, 0.3) is 0 Å². The molecule has 1 saturated heterocycles. The molecule has 1 heterocycles. The highest BCUT2D eigenvalue weighted by atomic mass is 19.1. The second-order valence-corrected chi connectivity index (χ2v) is 7.72. The van der Waals surface area contributed by atoms with E-state index in [1.165, 1.54) is 17.0 Å². The number of carbonyl (C=O) groups is 3. The average Bonchev–Trinajstić information content (AvgIpc) is 2.87. The van der Waals surface area contributed by atoms with Gasteiger partial charge in [0.2, 0.25) is 5.91 Å². The maximum absolute atomic E-state index is 14.3. The Morgan fingerprint density at radius 3 is 2.58 bits per heavy atom. The minimum Gasteiger partial charge on any atom is -0.465 e. The van der Waals surface area contributed by atoms with E-state index in [9.17, 15) is 18.8 Å². The summed E-state index contributed by atoms with van der Waals surface area (Å²) in [5, 5.41) is 11.2. The number of ketones is 1. The van der Waals surface area contributed by atoms with Gasteiger partial charge in [0.1, 0.15) is 5.82 Å². The molecule has 7 heteroatoms. The Kier molecular flexibility index (Phi) is 5.68. The summed E-state index contributed by atoms with van der Waals surface area (Å²) in [7, 11) is 0. The minimum atomic E-state index is -1.20. The molecule has 2 atom stereocenters. The molecule has 1 unspecified atom stereocenters. The van der Waals surface area contributed by atoms with E-state index >= 15 is 0 Å². The molecule has 2 N–H and O–H groups in total. The number of amides is 2. The first-order chi connectivity index (χ1) is 12.0. The topological polar surface area (TPSA) is 86.7 Å². The summed E-state index contributed by atoms with van der Waals surface area (Å²) in [6.45, 7) is 7.29. The zero-order valence-corrected chi connectivity index (χ0v) is 15.5. The zero-order chi connectivity index (χ0) is 19.6. The Bertz CT molecular complexity index is 706. The van der Waals surface area contributed by atoms with Crippen molar-refractivity contribution in [1.82, 2.24) is 10.2 Å². The Labute approximate surface area is 152 Å². The summed E-state index contributed by atoms with van der Waals surface area (Å²) in [4.78, 5) is 37.9. The van der Waals surface area contributed by atoms with Crippen LogP contribution in [0.3, 0.4) is 0 Å². The van der Waals surface area contributed by atoms with E-state index in [4.69, 9.17) is 5.11 Å². The van der Waals surface area contributed by atoms with E-state index < -0.39 is 35.2 Å². The largest absolute Gasteiger partial charge is 0.465 e. The van der Waals surface area contributed by atoms with Gasteiger partial charge in [-0.1, -0.05) is 32.9 Å². The van der Waals surface area contributed by atoms with Crippen molar-refractivity contribution < 1.29 is 23.9 Å². The Hall–Kier alpha value is -2.44. The number of benzene rings is 1. The van der Waals surface area contributed by atoms with E-state index in [-0.39, 0.29) is 24.4 Å². The zero-order valence-electron chi connectivity index (χ0n) is 15.5. The van der Waals surface area contributed by atoms with Crippen LogP contribution in [0.25, 0.3) is 0 Å². The molecule has 0 aromatic heterocycles. The van der Waals surface area contributed by atoms with Crippen molar-refractivity contribution in [1.29, 1.82) is 0 Å². The lowest BCUT2D eigenvalue weighted by Gasteiger charge is -2.40. The number of halogens is 1. The van der Waals surface area contributed by atoms with Gasteiger partial charge < -0.3 is 15.3 Å². The molecule has 6 nitrogen and oxygen atoms in total.